The summed E-state index contributed by atoms with van der Waals surface area (Å²) in [5, 5.41) is 3.60. The van der Waals surface area contributed by atoms with Gasteiger partial charge in [0.2, 0.25) is 0 Å². The fraction of sp³-hybridized carbons (Fsp3) is 0.778. The Kier molecular flexibility index (Phi) is 12.0. The van der Waals surface area contributed by atoms with Gasteiger partial charge in [0.05, 0.1) is 0 Å². The molecule has 0 saturated carbocycles. The molecule has 0 bridgehead atoms. The Balaban J connectivity index is 1.95. The summed E-state index contributed by atoms with van der Waals surface area (Å²) in [5.41, 5.74) is 0. The SMILES string of the molecule is CCCCN(CCC)CCNCCCSC1=CC=CCC1. The van der Waals surface area contributed by atoms with Crippen molar-refractivity contribution in [2.24, 2.45) is 0 Å². The molecule has 1 N–H and O–H groups in total. The van der Waals surface area contributed by atoms with Crippen LogP contribution >= 0.6 is 11.8 Å². The summed E-state index contributed by atoms with van der Waals surface area (Å²) in [6.45, 7) is 10.6. The molecule has 0 spiro atoms. The maximum Gasteiger partial charge on any atom is 0.0107 e. The Morgan fingerprint density at radius 3 is 2.71 bits per heavy atom. The molecule has 1 rings (SSSR count). The molecule has 2 nitrogen and oxygen atoms in total. The highest BCUT2D eigenvalue weighted by Crippen LogP contribution is 2.24. The molecule has 0 radical (unpaired) electrons. The highest BCUT2D eigenvalue weighted by molar-refractivity contribution is 8.03. The second-order valence-electron chi connectivity index (χ2n) is 5.75. The summed E-state index contributed by atoms with van der Waals surface area (Å²) in [7, 11) is 0. The van der Waals surface area contributed by atoms with Gasteiger partial charge in [0.15, 0.2) is 0 Å². The third-order valence-corrected chi connectivity index (χ3v) is 4.94. The molecule has 0 atom stereocenters. The van der Waals surface area contributed by atoms with Crippen LogP contribution in [0, 0.1) is 0 Å². The third-order valence-electron chi connectivity index (χ3n) is 3.73. The highest BCUT2D eigenvalue weighted by atomic mass is 32.2. The Hall–Kier alpha value is -0.250. The van der Waals surface area contributed by atoms with Gasteiger partial charge in [-0.2, -0.15) is 0 Å². The minimum Gasteiger partial charge on any atom is -0.315 e. The van der Waals surface area contributed by atoms with Crippen LogP contribution in [0.15, 0.2) is 23.1 Å². The predicted octanol–water partition coefficient (Wildman–Crippen LogP) is 4.45. The lowest BCUT2D eigenvalue weighted by atomic mass is 10.2. The molecule has 0 fully saturated rings. The molecule has 0 aromatic heterocycles. The van der Waals surface area contributed by atoms with E-state index < -0.39 is 0 Å². The number of hydrogen-bond donors (Lipinski definition) is 1. The summed E-state index contributed by atoms with van der Waals surface area (Å²) in [5.74, 6) is 1.25. The van der Waals surface area contributed by atoms with Crippen molar-refractivity contribution in [3.63, 3.8) is 0 Å². The van der Waals surface area contributed by atoms with Gasteiger partial charge in [0.25, 0.3) is 0 Å². The van der Waals surface area contributed by atoms with Gasteiger partial charge in [-0.15, -0.1) is 11.8 Å². The molecule has 3 heteroatoms. The number of unbranched alkanes of at least 4 members (excludes halogenated alkanes) is 1. The summed E-state index contributed by atoms with van der Waals surface area (Å²) >= 11 is 2.04. The van der Waals surface area contributed by atoms with E-state index in [1.165, 1.54) is 63.9 Å². The van der Waals surface area contributed by atoms with Crippen LogP contribution in [0.25, 0.3) is 0 Å². The normalized spacial score (nSPS) is 14.7. The average Bonchev–Trinajstić information content (AvgIpc) is 2.52. The number of allylic oxidation sites excluding steroid dienone is 4. The average molecular weight is 311 g/mol. The van der Waals surface area contributed by atoms with Gasteiger partial charge >= 0.3 is 0 Å². The van der Waals surface area contributed by atoms with Crippen molar-refractivity contribution in [1.29, 1.82) is 0 Å². The molecular formula is C18H34N2S. The van der Waals surface area contributed by atoms with Crippen LogP contribution in [-0.4, -0.2) is 43.4 Å². The van der Waals surface area contributed by atoms with E-state index in [0.717, 1.165) is 13.1 Å². The lowest BCUT2D eigenvalue weighted by molar-refractivity contribution is 0.269. The zero-order chi connectivity index (χ0) is 15.2. The summed E-state index contributed by atoms with van der Waals surface area (Å²) in [6, 6.07) is 0. The van der Waals surface area contributed by atoms with Crippen LogP contribution in [0.1, 0.15) is 52.4 Å². The van der Waals surface area contributed by atoms with Crippen molar-refractivity contribution in [3.05, 3.63) is 23.1 Å². The quantitative estimate of drug-likeness (QED) is 0.506. The molecule has 0 amide bonds. The van der Waals surface area contributed by atoms with Crippen LogP contribution in [0.2, 0.25) is 0 Å². The van der Waals surface area contributed by atoms with Crippen LogP contribution in [-0.2, 0) is 0 Å². The Bertz CT molecular complexity index is 300. The van der Waals surface area contributed by atoms with Crippen LogP contribution < -0.4 is 5.32 Å². The number of rotatable bonds is 13. The van der Waals surface area contributed by atoms with Crippen molar-refractivity contribution < 1.29 is 0 Å². The van der Waals surface area contributed by atoms with Crippen LogP contribution in [0.3, 0.4) is 0 Å². The smallest absolute Gasteiger partial charge is 0.0107 e. The molecule has 0 heterocycles. The molecule has 122 valence electrons. The van der Waals surface area contributed by atoms with Crippen molar-refractivity contribution in [2.75, 3.05) is 38.5 Å². The van der Waals surface area contributed by atoms with E-state index in [2.05, 4.69) is 42.3 Å². The second kappa shape index (κ2) is 13.4. The maximum atomic E-state index is 3.60. The zero-order valence-corrected chi connectivity index (χ0v) is 14.9. The molecule has 0 saturated heterocycles. The van der Waals surface area contributed by atoms with Gasteiger partial charge in [0.1, 0.15) is 0 Å². The van der Waals surface area contributed by atoms with Gasteiger partial charge in [-0.05, 0) is 62.4 Å². The Labute approximate surface area is 136 Å². The Morgan fingerprint density at radius 1 is 1.10 bits per heavy atom. The van der Waals surface area contributed by atoms with Crippen LogP contribution in [0.4, 0.5) is 0 Å². The van der Waals surface area contributed by atoms with Gasteiger partial charge in [-0.3, -0.25) is 0 Å². The van der Waals surface area contributed by atoms with Gasteiger partial charge in [-0.25, -0.2) is 0 Å². The minimum absolute atomic E-state index is 1.14. The number of thioether (sulfide) groups is 1. The fourth-order valence-electron chi connectivity index (χ4n) is 2.50. The monoisotopic (exact) mass is 310 g/mol. The standard InChI is InChI=1S/C18H34N2S/c1-3-5-15-20(14-4-2)16-13-19-12-9-17-21-18-10-7-6-8-11-18/h6-7,10,19H,3-5,8-9,11-17H2,1-2H3. The zero-order valence-electron chi connectivity index (χ0n) is 14.1. The van der Waals surface area contributed by atoms with E-state index in [4.69, 9.17) is 0 Å². The molecule has 0 aromatic carbocycles. The molecule has 0 aliphatic heterocycles. The largest absolute Gasteiger partial charge is 0.315 e. The van der Waals surface area contributed by atoms with E-state index in [9.17, 15) is 0 Å². The fourth-order valence-corrected chi connectivity index (χ4v) is 3.48. The number of nitrogens with one attached hydrogen (secondary N) is 1. The summed E-state index contributed by atoms with van der Waals surface area (Å²) in [6.07, 6.45) is 14.4. The summed E-state index contributed by atoms with van der Waals surface area (Å²) < 4.78 is 0. The predicted molar refractivity (Wildman–Crippen MR) is 98.0 cm³/mol. The van der Waals surface area contributed by atoms with Gasteiger partial charge in [-0.1, -0.05) is 38.5 Å². The van der Waals surface area contributed by atoms with E-state index in [1.807, 2.05) is 11.8 Å². The second-order valence-corrected chi connectivity index (χ2v) is 6.97. The first-order valence-electron chi connectivity index (χ1n) is 8.78. The molecule has 21 heavy (non-hydrogen) atoms. The first kappa shape index (κ1) is 18.8. The molecule has 0 aromatic rings. The van der Waals surface area contributed by atoms with E-state index >= 15 is 0 Å². The van der Waals surface area contributed by atoms with E-state index in [1.54, 1.807) is 4.91 Å². The maximum absolute atomic E-state index is 3.60. The molecule has 1 aliphatic carbocycles. The third kappa shape index (κ3) is 10.2. The Morgan fingerprint density at radius 2 is 2.00 bits per heavy atom. The van der Waals surface area contributed by atoms with E-state index in [-0.39, 0.29) is 0 Å². The van der Waals surface area contributed by atoms with Crippen molar-refractivity contribution in [2.45, 2.75) is 52.4 Å². The topological polar surface area (TPSA) is 15.3 Å². The molecular weight excluding hydrogens is 276 g/mol. The highest BCUT2D eigenvalue weighted by Gasteiger charge is 2.03. The number of nitrogens with zero attached hydrogens (tertiary/aromatic N) is 1. The van der Waals surface area contributed by atoms with Crippen molar-refractivity contribution in [1.82, 2.24) is 10.2 Å². The molecule has 0 unspecified atom stereocenters. The lowest BCUT2D eigenvalue weighted by Gasteiger charge is -2.21. The summed E-state index contributed by atoms with van der Waals surface area (Å²) in [4.78, 5) is 4.16. The first-order chi connectivity index (χ1) is 10.4. The van der Waals surface area contributed by atoms with Crippen LogP contribution in [0.5, 0.6) is 0 Å². The van der Waals surface area contributed by atoms with Crippen molar-refractivity contribution >= 4 is 11.8 Å². The number of hydrogen-bond acceptors (Lipinski definition) is 3. The lowest BCUT2D eigenvalue weighted by Crippen LogP contribution is -2.33. The van der Waals surface area contributed by atoms with Gasteiger partial charge in [0, 0.05) is 13.1 Å². The molecule has 1 aliphatic rings. The van der Waals surface area contributed by atoms with Gasteiger partial charge < -0.3 is 10.2 Å². The van der Waals surface area contributed by atoms with E-state index in [0.29, 0.717) is 0 Å². The van der Waals surface area contributed by atoms with Crippen molar-refractivity contribution in [3.8, 4) is 0 Å². The minimum atomic E-state index is 1.14. The first-order valence-corrected chi connectivity index (χ1v) is 9.77.